The van der Waals surface area contributed by atoms with Crippen LogP contribution in [0.5, 0.6) is 0 Å². The number of benzene rings is 2. The van der Waals surface area contributed by atoms with Crippen molar-refractivity contribution in [2.75, 3.05) is 0 Å². The molecule has 0 bridgehead atoms. The molecular formula is C19H16N2O4. The number of aromatic nitrogens is 2. The molecule has 1 atom stereocenters. The van der Waals surface area contributed by atoms with E-state index in [9.17, 15) is 14.7 Å². The molecule has 1 unspecified atom stereocenters. The molecule has 0 radical (unpaired) electrons. The van der Waals surface area contributed by atoms with Crippen LogP contribution in [0.15, 0.2) is 67.0 Å². The van der Waals surface area contributed by atoms with E-state index >= 15 is 0 Å². The SMILES string of the molecule is O=C(O)CC(C(=O)O)n1ccnc1-c1ccc(-c2ccccc2)cc1. The topological polar surface area (TPSA) is 92.4 Å². The standard InChI is InChI=1S/C19H16N2O4/c22-17(23)12-16(19(24)25)21-11-10-20-18(21)15-8-6-14(7-9-15)13-4-2-1-3-5-13/h1-11,16H,12H2,(H,22,23)(H,24,25). The maximum Gasteiger partial charge on any atom is 0.327 e. The van der Waals surface area contributed by atoms with E-state index in [0.29, 0.717) is 5.82 Å². The van der Waals surface area contributed by atoms with E-state index in [4.69, 9.17) is 5.11 Å². The van der Waals surface area contributed by atoms with Gasteiger partial charge in [-0.1, -0.05) is 54.6 Å². The van der Waals surface area contributed by atoms with E-state index in [-0.39, 0.29) is 0 Å². The number of carbonyl (C=O) groups is 2. The third-order valence-corrected chi connectivity index (χ3v) is 3.91. The summed E-state index contributed by atoms with van der Waals surface area (Å²) in [7, 11) is 0. The number of carboxylic acids is 2. The van der Waals surface area contributed by atoms with Gasteiger partial charge in [0.25, 0.3) is 0 Å². The Morgan fingerprint density at radius 2 is 1.52 bits per heavy atom. The van der Waals surface area contributed by atoms with Gasteiger partial charge in [-0.3, -0.25) is 4.79 Å². The molecule has 0 aliphatic heterocycles. The van der Waals surface area contributed by atoms with Crippen molar-refractivity contribution in [3.8, 4) is 22.5 Å². The van der Waals surface area contributed by atoms with Crippen LogP contribution in [-0.4, -0.2) is 31.7 Å². The van der Waals surface area contributed by atoms with Gasteiger partial charge in [0, 0.05) is 18.0 Å². The van der Waals surface area contributed by atoms with Crippen LogP contribution in [0, 0.1) is 0 Å². The maximum absolute atomic E-state index is 11.4. The van der Waals surface area contributed by atoms with Crippen LogP contribution in [-0.2, 0) is 9.59 Å². The van der Waals surface area contributed by atoms with Gasteiger partial charge in [0.15, 0.2) is 0 Å². The lowest BCUT2D eigenvalue weighted by atomic mass is 10.0. The van der Waals surface area contributed by atoms with Gasteiger partial charge in [-0.15, -0.1) is 0 Å². The van der Waals surface area contributed by atoms with Gasteiger partial charge in [0.2, 0.25) is 0 Å². The van der Waals surface area contributed by atoms with Gasteiger partial charge in [-0.05, 0) is 11.1 Å². The van der Waals surface area contributed by atoms with E-state index in [0.717, 1.165) is 16.7 Å². The first kappa shape index (κ1) is 16.4. The van der Waals surface area contributed by atoms with Crippen LogP contribution in [0.1, 0.15) is 12.5 Å². The quantitative estimate of drug-likeness (QED) is 0.720. The molecule has 6 nitrogen and oxygen atoms in total. The third-order valence-electron chi connectivity index (χ3n) is 3.91. The molecule has 0 saturated carbocycles. The number of hydrogen-bond acceptors (Lipinski definition) is 3. The predicted octanol–water partition coefficient (Wildman–Crippen LogP) is 3.32. The highest BCUT2D eigenvalue weighted by Crippen LogP contribution is 2.26. The zero-order chi connectivity index (χ0) is 17.8. The highest BCUT2D eigenvalue weighted by molar-refractivity contribution is 5.80. The van der Waals surface area contributed by atoms with Crippen molar-refractivity contribution in [3.63, 3.8) is 0 Å². The van der Waals surface area contributed by atoms with E-state index in [1.165, 1.54) is 17.0 Å². The first-order valence-corrected chi connectivity index (χ1v) is 7.69. The van der Waals surface area contributed by atoms with Crippen molar-refractivity contribution in [1.29, 1.82) is 0 Å². The molecule has 1 heterocycles. The zero-order valence-corrected chi connectivity index (χ0v) is 13.2. The molecule has 0 spiro atoms. The second kappa shape index (κ2) is 7.00. The summed E-state index contributed by atoms with van der Waals surface area (Å²) in [5, 5.41) is 18.3. The number of carboxylic acid groups (broad SMARTS) is 2. The van der Waals surface area contributed by atoms with Crippen LogP contribution < -0.4 is 0 Å². The Balaban J connectivity index is 1.94. The third kappa shape index (κ3) is 3.58. The van der Waals surface area contributed by atoms with Gasteiger partial charge in [0.1, 0.15) is 11.9 Å². The molecule has 0 aliphatic rings. The summed E-state index contributed by atoms with van der Waals surface area (Å²) in [5.41, 5.74) is 2.83. The van der Waals surface area contributed by atoms with Gasteiger partial charge < -0.3 is 14.8 Å². The Bertz CT molecular complexity index is 885. The van der Waals surface area contributed by atoms with Crippen molar-refractivity contribution in [1.82, 2.24) is 9.55 Å². The molecule has 0 aliphatic carbocycles. The monoisotopic (exact) mass is 336 g/mol. The van der Waals surface area contributed by atoms with Crippen LogP contribution >= 0.6 is 0 Å². The summed E-state index contributed by atoms with van der Waals surface area (Å²) in [6, 6.07) is 16.2. The first-order chi connectivity index (χ1) is 12.1. The second-order valence-corrected chi connectivity index (χ2v) is 5.55. The second-order valence-electron chi connectivity index (χ2n) is 5.55. The summed E-state index contributed by atoms with van der Waals surface area (Å²) in [6.07, 6.45) is 2.45. The van der Waals surface area contributed by atoms with Gasteiger partial charge in [0.05, 0.1) is 6.42 Å². The average molecular weight is 336 g/mol. The van der Waals surface area contributed by atoms with Crippen LogP contribution in [0.25, 0.3) is 22.5 Å². The molecule has 126 valence electrons. The lowest BCUT2D eigenvalue weighted by molar-refractivity contribution is -0.147. The Morgan fingerprint density at radius 1 is 0.920 bits per heavy atom. The smallest absolute Gasteiger partial charge is 0.327 e. The lowest BCUT2D eigenvalue weighted by Gasteiger charge is -2.15. The fourth-order valence-corrected chi connectivity index (χ4v) is 2.70. The minimum absolute atomic E-state index is 0.424. The molecule has 0 saturated heterocycles. The summed E-state index contributed by atoms with van der Waals surface area (Å²) in [4.78, 5) is 26.6. The molecule has 3 aromatic rings. The van der Waals surface area contributed by atoms with E-state index in [2.05, 4.69) is 4.98 Å². The Kier molecular flexibility index (Phi) is 4.61. The van der Waals surface area contributed by atoms with Crippen LogP contribution in [0.4, 0.5) is 0 Å². The minimum atomic E-state index is -1.21. The van der Waals surface area contributed by atoms with Crippen LogP contribution in [0.3, 0.4) is 0 Å². The molecule has 6 heteroatoms. The molecule has 3 rings (SSSR count). The molecule has 0 amide bonds. The fraction of sp³-hybridized carbons (Fsp3) is 0.105. The first-order valence-electron chi connectivity index (χ1n) is 7.69. The van der Waals surface area contributed by atoms with Crippen molar-refractivity contribution in [2.45, 2.75) is 12.5 Å². The summed E-state index contributed by atoms with van der Waals surface area (Å²) >= 11 is 0. The highest BCUT2D eigenvalue weighted by Gasteiger charge is 2.25. The van der Waals surface area contributed by atoms with Crippen molar-refractivity contribution < 1.29 is 19.8 Å². The average Bonchev–Trinajstić information content (AvgIpc) is 3.09. The molecule has 2 N–H and O–H groups in total. The summed E-state index contributed by atoms with van der Waals surface area (Å²) in [5.74, 6) is -1.96. The Morgan fingerprint density at radius 3 is 2.12 bits per heavy atom. The zero-order valence-electron chi connectivity index (χ0n) is 13.2. The molecule has 2 aromatic carbocycles. The summed E-state index contributed by atoms with van der Waals surface area (Å²) < 4.78 is 1.38. The fourth-order valence-electron chi connectivity index (χ4n) is 2.70. The van der Waals surface area contributed by atoms with Gasteiger partial charge in [-0.2, -0.15) is 0 Å². The number of rotatable bonds is 6. The van der Waals surface area contributed by atoms with Crippen molar-refractivity contribution >= 4 is 11.9 Å². The molecule has 1 aromatic heterocycles. The summed E-state index contributed by atoms with van der Waals surface area (Å²) in [6.45, 7) is 0. The molecule has 0 fully saturated rings. The van der Waals surface area contributed by atoms with E-state index < -0.39 is 24.4 Å². The number of hydrogen-bond donors (Lipinski definition) is 2. The van der Waals surface area contributed by atoms with Crippen molar-refractivity contribution in [3.05, 3.63) is 67.0 Å². The predicted molar refractivity (Wildman–Crippen MR) is 92.0 cm³/mol. The number of aliphatic carboxylic acids is 2. The van der Waals surface area contributed by atoms with Gasteiger partial charge >= 0.3 is 11.9 Å². The van der Waals surface area contributed by atoms with E-state index in [1.54, 1.807) is 0 Å². The minimum Gasteiger partial charge on any atom is -0.481 e. The molecule has 25 heavy (non-hydrogen) atoms. The van der Waals surface area contributed by atoms with Crippen LogP contribution in [0.2, 0.25) is 0 Å². The normalized spacial score (nSPS) is 11.8. The van der Waals surface area contributed by atoms with Gasteiger partial charge in [-0.25, -0.2) is 9.78 Å². The van der Waals surface area contributed by atoms with Crippen molar-refractivity contribution in [2.24, 2.45) is 0 Å². The highest BCUT2D eigenvalue weighted by atomic mass is 16.4. The maximum atomic E-state index is 11.4. The van der Waals surface area contributed by atoms with E-state index in [1.807, 2.05) is 54.6 Å². The number of imidazole rings is 1. The largest absolute Gasteiger partial charge is 0.481 e. The Hall–Kier alpha value is -3.41. The number of nitrogens with zero attached hydrogens (tertiary/aromatic N) is 2. The lowest BCUT2D eigenvalue weighted by Crippen LogP contribution is -2.22. The Labute approximate surface area is 144 Å². The molecular weight excluding hydrogens is 320 g/mol.